The van der Waals surface area contributed by atoms with E-state index in [2.05, 4.69) is 34.9 Å². The number of rotatable bonds is 7. The zero-order chi connectivity index (χ0) is 23.5. The number of benzene rings is 2. The quantitative estimate of drug-likeness (QED) is 0.593. The number of carboxylic acid groups (broad SMARTS) is 1. The SMILES string of the molecule is CC(C)[C@@H](NC(=O)[C@@H]1CC[C@H](NC(=O)OCC2c3ccccc3-c3ccccc32)C1)C(=O)O. The largest absolute Gasteiger partial charge is 0.480 e. The van der Waals surface area contributed by atoms with Gasteiger partial charge < -0.3 is 20.5 Å². The van der Waals surface area contributed by atoms with E-state index in [1.807, 2.05) is 24.3 Å². The first-order valence-electron chi connectivity index (χ1n) is 11.5. The van der Waals surface area contributed by atoms with Crippen LogP contribution in [0.5, 0.6) is 0 Å². The Bertz CT molecular complexity index is 1000. The van der Waals surface area contributed by atoms with Crippen LogP contribution in [0.2, 0.25) is 0 Å². The molecule has 7 heteroatoms. The van der Waals surface area contributed by atoms with Gasteiger partial charge in [-0.15, -0.1) is 0 Å². The van der Waals surface area contributed by atoms with Crippen LogP contribution >= 0.6 is 0 Å². The lowest BCUT2D eigenvalue weighted by atomic mass is 9.98. The van der Waals surface area contributed by atoms with Crippen LogP contribution < -0.4 is 10.6 Å². The van der Waals surface area contributed by atoms with Gasteiger partial charge in [0.05, 0.1) is 0 Å². The summed E-state index contributed by atoms with van der Waals surface area (Å²) < 4.78 is 5.60. The molecule has 0 unspecified atom stereocenters. The fourth-order valence-electron chi connectivity index (χ4n) is 4.94. The number of alkyl carbamates (subject to hydrolysis) is 1. The van der Waals surface area contributed by atoms with Crippen LogP contribution in [0, 0.1) is 11.8 Å². The van der Waals surface area contributed by atoms with Crippen molar-refractivity contribution in [2.24, 2.45) is 11.8 Å². The Hall–Kier alpha value is -3.35. The van der Waals surface area contributed by atoms with Gasteiger partial charge in [-0.2, -0.15) is 0 Å². The molecule has 174 valence electrons. The average molecular weight is 451 g/mol. The number of carbonyl (C=O) groups excluding carboxylic acids is 2. The summed E-state index contributed by atoms with van der Waals surface area (Å²) in [5.74, 6) is -1.83. The van der Waals surface area contributed by atoms with Crippen LogP contribution in [0.25, 0.3) is 11.1 Å². The summed E-state index contributed by atoms with van der Waals surface area (Å²) in [4.78, 5) is 36.4. The highest BCUT2D eigenvalue weighted by Crippen LogP contribution is 2.44. The molecule has 0 aliphatic heterocycles. The van der Waals surface area contributed by atoms with E-state index in [4.69, 9.17) is 4.74 Å². The van der Waals surface area contributed by atoms with Crippen molar-refractivity contribution in [3.05, 3.63) is 59.7 Å². The topological polar surface area (TPSA) is 105 Å². The highest BCUT2D eigenvalue weighted by Gasteiger charge is 2.34. The number of hydrogen-bond donors (Lipinski definition) is 3. The molecule has 7 nitrogen and oxygen atoms in total. The number of nitrogens with one attached hydrogen (secondary N) is 2. The van der Waals surface area contributed by atoms with E-state index in [1.165, 1.54) is 11.1 Å². The molecular weight excluding hydrogens is 420 g/mol. The lowest BCUT2D eigenvalue weighted by Gasteiger charge is -2.20. The first kappa shape index (κ1) is 22.8. The second kappa shape index (κ2) is 9.65. The van der Waals surface area contributed by atoms with Gasteiger partial charge in [-0.3, -0.25) is 4.79 Å². The molecule has 0 aromatic heterocycles. The summed E-state index contributed by atoms with van der Waals surface area (Å²) in [6.45, 7) is 3.76. The van der Waals surface area contributed by atoms with Gasteiger partial charge in [-0.1, -0.05) is 62.4 Å². The second-order valence-corrected chi connectivity index (χ2v) is 9.25. The molecule has 0 spiro atoms. The molecule has 2 aromatic carbocycles. The van der Waals surface area contributed by atoms with Crippen molar-refractivity contribution in [2.75, 3.05) is 6.61 Å². The maximum absolute atomic E-state index is 12.5. The maximum atomic E-state index is 12.5. The van der Waals surface area contributed by atoms with Crippen molar-refractivity contribution in [1.82, 2.24) is 10.6 Å². The highest BCUT2D eigenvalue weighted by atomic mass is 16.5. The molecular formula is C26H30N2O5. The molecule has 2 aromatic rings. The fourth-order valence-corrected chi connectivity index (χ4v) is 4.94. The average Bonchev–Trinajstić information content (AvgIpc) is 3.38. The van der Waals surface area contributed by atoms with Gasteiger partial charge in [0, 0.05) is 17.9 Å². The summed E-state index contributed by atoms with van der Waals surface area (Å²) >= 11 is 0. The predicted octanol–water partition coefficient (Wildman–Crippen LogP) is 3.92. The molecule has 33 heavy (non-hydrogen) atoms. The van der Waals surface area contributed by atoms with Gasteiger partial charge in [0.1, 0.15) is 12.6 Å². The molecule has 0 saturated heterocycles. The molecule has 0 bridgehead atoms. The Balaban J connectivity index is 1.30. The number of aliphatic carboxylic acids is 1. The van der Waals surface area contributed by atoms with E-state index >= 15 is 0 Å². The van der Waals surface area contributed by atoms with E-state index in [0.29, 0.717) is 19.3 Å². The van der Waals surface area contributed by atoms with Crippen molar-refractivity contribution in [3.63, 3.8) is 0 Å². The van der Waals surface area contributed by atoms with Crippen LogP contribution in [0.3, 0.4) is 0 Å². The number of amides is 2. The zero-order valence-corrected chi connectivity index (χ0v) is 18.9. The van der Waals surface area contributed by atoms with Gasteiger partial charge in [-0.05, 0) is 47.4 Å². The number of carboxylic acids is 1. The minimum atomic E-state index is -1.04. The number of fused-ring (bicyclic) bond motifs is 3. The summed E-state index contributed by atoms with van der Waals surface area (Å²) in [6, 6.07) is 15.3. The van der Waals surface area contributed by atoms with E-state index in [1.54, 1.807) is 13.8 Å². The molecule has 2 amide bonds. The lowest BCUT2D eigenvalue weighted by molar-refractivity contribution is -0.143. The normalized spacial score (nSPS) is 20.1. The van der Waals surface area contributed by atoms with E-state index < -0.39 is 18.1 Å². The van der Waals surface area contributed by atoms with Gasteiger partial charge in [0.2, 0.25) is 5.91 Å². The maximum Gasteiger partial charge on any atom is 0.407 e. The smallest absolute Gasteiger partial charge is 0.407 e. The molecule has 3 N–H and O–H groups in total. The first-order chi connectivity index (χ1) is 15.8. The van der Waals surface area contributed by atoms with E-state index in [9.17, 15) is 19.5 Å². The Labute approximate surface area is 193 Å². The molecule has 3 atom stereocenters. The summed E-state index contributed by atoms with van der Waals surface area (Å²) in [6.07, 6.45) is 1.24. The Morgan fingerprint density at radius 1 is 1.00 bits per heavy atom. The van der Waals surface area contributed by atoms with Crippen LogP contribution in [0.1, 0.15) is 50.2 Å². The Kier molecular flexibility index (Phi) is 6.67. The van der Waals surface area contributed by atoms with Gasteiger partial charge in [0.25, 0.3) is 0 Å². The molecule has 2 aliphatic carbocycles. The highest BCUT2D eigenvalue weighted by molar-refractivity contribution is 5.85. The summed E-state index contributed by atoms with van der Waals surface area (Å²) in [5.41, 5.74) is 4.66. The van der Waals surface area contributed by atoms with Crippen LogP contribution in [-0.4, -0.2) is 41.8 Å². The molecule has 1 fully saturated rings. The molecule has 0 heterocycles. The molecule has 1 saturated carbocycles. The standard InChI is InChI=1S/C26H30N2O5/c1-15(2)23(25(30)31)28-24(29)16-11-12-17(13-16)27-26(32)33-14-22-20-9-5-3-7-18(20)19-8-4-6-10-21(19)22/h3-10,15-17,22-23H,11-14H2,1-2H3,(H,27,32)(H,28,29)(H,30,31)/t16-,17+,23-/m1/s1. The van der Waals surface area contributed by atoms with Crippen molar-refractivity contribution in [3.8, 4) is 11.1 Å². The van der Waals surface area contributed by atoms with Gasteiger partial charge >= 0.3 is 12.1 Å². The van der Waals surface area contributed by atoms with E-state index in [0.717, 1.165) is 11.1 Å². The van der Waals surface area contributed by atoms with E-state index in [-0.39, 0.29) is 36.3 Å². The number of ether oxygens (including phenoxy) is 1. The minimum absolute atomic E-state index is 0.00533. The van der Waals surface area contributed by atoms with Crippen LogP contribution in [0.15, 0.2) is 48.5 Å². The molecule has 0 radical (unpaired) electrons. The summed E-state index contributed by atoms with van der Waals surface area (Å²) in [5, 5.41) is 14.8. The minimum Gasteiger partial charge on any atom is -0.480 e. The van der Waals surface area contributed by atoms with Crippen molar-refractivity contribution >= 4 is 18.0 Å². The molecule has 4 rings (SSSR count). The third-order valence-electron chi connectivity index (χ3n) is 6.70. The third-order valence-corrected chi connectivity index (χ3v) is 6.70. The predicted molar refractivity (Wildman–Crippen MR) is 124 cm³/mol. The summed E-state index contributed by atoms with van der Waals surface area (Å²) in [7, 11) is 0. The van der Waals surface area contributed by atoms with Crippen LogP contribution in [0.4, 0.5) is 4.79 Å². The van der Waals surface area contributed by atoms with Crippen LogP contribution in [-0.2, 0) is 14.3 Å². The second-order valence-electron chi connectivity index (χ2n) is 9.25. The lowest BCUT2D eigenvalue weighted by Crippen LogP contribution is -2.46. The van der Waals surface area contributed by atoms with Crippen molar-refractivity contribution < 1.29 is 24.2 Å². The van der Waals surface area contributed by atoms with Crippen molar-refractivity contribution in [2.45, 2.75) is 51.1 Å². The Morgan fingerprint density at radius 3 is 2.18 bits per heavy atom. The van der Waals surface area contributed by atoms with Crippen molar-refractivity contribution in [1.29, 1.82) is 0 Å². The van der Waals surface area contributed by atoms with Gasteiger partial charge in [0.15, 0.2) is 0 Å². The monoisotopic (exact) mass is 450 g/mol. The first-order valence-corrected chi connectivity index (χ1v) is 11.5. The zero-order valence-electron chi connectivity index (χ0n) is 18.9. The number of carbonyl (C=O) groups is 3. The Morgan fingerprint density at radius 2 is 1.61 bits per heavy atom. The van der Waals surface area contributed by atoms with Gasteiger partial charge in [-0.25, -0.2) is 9.59 Å². The fraction of sp³-hybridized carbons (Fsp3) is 0.423. The number of hydrogen-bond acceptors (Lipinski definition) is 4. The molecule has 2 aliphatic rings. The third kappa shape index (κ3) is 4.87.